The summed E-state index contributed by atoms with van der Waals surface area (Å²) in [6, 6.07) is 2.17. The van der Waals surface area contributed by atoms with Gasteiger partial charge in [-0.3, -0.25) is 0 Å². The summed E-state index contributed by atoms with van der Waals surface area (Å²) in [6.07, 6.45) is -3.08. The second-order valence-corrected chi connectivity index (χ2v) is 5.54. The number of aromatic nitrogens is 1. The lowest BCUT2D eigenvalue weighted by molar-refractivity contribution is -0.154. The van der Waals surface area contributed by atoms with Crippen LogP contribution in [0.2, 0.25) is 0 Å². The molecule has 6 nitrogen and oxygen atoms in total. The van der Waals surface area contributed by atoms with Crippen LogP contribution in [0.15, 0.2) is 23.2 Å². The van der Waals surface area contributed by atoms with Crippen molar-refractivity contribution in [1.29, 1.82) is 0 Å². The van der Waals surface area contributed by atoms with Gasteiger partial charge in [-0.05, 0) is 19.0 Å². The molecule has 122 valence electrons. The largest absolute Gasteiger partial charge is 0.468 e. The van der Waals surface area contributed by atoms with E-state index in [2.05, 4.69) is 14.4 Å². The van der Waals surface area contributed by atoms with Crippen LogP contribution in [0.1, 0.15) is 6.42 Å². The number of halogens is 4. The molecule has 0 aliphatic rings. The Bertz CT molecular complexity index is 523. The molecule has 3 N–H and O–H groups in total. The SMILES string of the molecule is Cl.NCCCNS(=O)(=O)c1ccc(OCC(F)(F)F)nc1. The Kier molecular flexibility index (Phi) is 7.93. The van der Waals surface area contributed by atoms with Crippen molar-refractivity contribution in [3.05, 3.63) is 18.3 Å². The van der Waals surface area contributed by atoms with E-state index in [1.54, 1.807) is 0 Å². The van der Waals surface area contributed by atoms with Crippen molar-refractivity contribution in [1.82, 2.24) is 9.71 Å². The Balaban J connectivity index is 0.00000400. The molecular weight excluding hydrogens is 335 g/mol. The third kappa shape index (κ3) is 7.46. The first-order chi connectivity index (χ1) is 9.24. The van der Waals surface area contributed by atoms with Crippen LogP contribution in [0, 0.1) is 0 Å². The number of pyridine rings is 1. The lowest BCUT2D eigenvalue weighted by Gasteiger charge is -2.09. The molecule has 0 aliphatic carbocycles. The van der Waals surface area contributed by atoms with E-state index < -0.39 is 22.8 Å². The molecule has 1 aromatic heterocycles. The summed E-state index contributed by atoms with van der Waals surface area (Å²) >= 11 is 0. The molecule has 0 saturated carbocycles. The number of hydrogen-bond donors (Lipinski definition) is 2. The molecule has 0 spiro atoms. The summed E-state index contributed by atoms with van der Waals surface area (Å²) in [4.78, 5) is 3.35. The Morgan fingerprint density at radius 1 is 1.33 bits per heavy atom. The van der Waals surface area contributed by atoms with Gasteiger partial charge in [0.05, 0.1) is 6.20 Å². The summed E-state index contributed by atoms with van der Waals surface area (Å²) in [7, 11) is -3.74. The zero-order valence-corrected chi connectivity index (χ0v) is 12.4. The Morgan fingerprint density at radius 2 is 2.00 bits per heavy atom. The van der Waals surface area contributed by atoms with Crippen molar-refractivity contribution in [2.45, 2.75) is 17.5 Å². The molecule has 0 aromatic carbocycles. The van der Waals surface area contributed by atoms with E-state index in [-0.39, 0.29) is 29.7 Å². The lowest BCUT2D eigenvalue weighted by atomic mass is 10.4. The van der Waals surface area contributed by atoms with Crippen LogP contribution < -0.4 is 15.2 Å². The van der Waals surface area contributed by atoms with Crippen molar-refractivity contribution in [3.63, 3.8) is 0 Å². The maximum absolute atomic E-state index is 11.9. The van der Waals surface area contributed by atoms with Crippen molar-refractivity contribution < 1.29 is 26.3 Å². The van der Waals surface area contributed by atoms with E-state index in [1.165, 1.54) is 0 Å². The highest BCUT2D eigenvalue weighted by Gasteiger charge is 2.28. The van der Waals surface area contributed by atoms with Gasteiger partial charge in [-0.1, -0.05) is 0 Å². The standard InChI is InChI=1S/C10H14F3N3O3S.ClH/c11-10(12,13)7-19-9-3-2-8(6-15-9)20(17,18)16-5-1-4-14;/h2-3,6,16H,1,4-5,7,14H2;1H. The van der Waals surface area contributed by atoms with Gasteiger partial charge in [0.25, 0.3) is 0 Å². The molecule has 0 unspecified atom stereocenters. The van der Waals surface area contributed by atoms with E-state index in [1.807, 2.05) is 0 Å². The fourth-order valence-corrected chi connectivity index (χ4v) is 2.18. The molecule has 0 atom stereocenters. The molecule has 21 heavy (non-hydrogen) atoms. The van der Waals surface area contributed by atoms with Gasteiger partial charge in [0.15, 0.2) is 6.61 Å². The van der Waals surface area contributed by atoms with E-state index in [9.17, 15) is 21.6 Å². The molecule has 0 fully saturated rings. The molecule has 0 radical (unpaired) electrons. The second-order valence-electron chi connectivity index (χ2n) is 3.78. The van der Waals surface area contributed by atoms with Gasteiger partial charge < -0.3 is 10.5 Å². The smallest absolute Gasteiger partial charge is 0.422 e. The van der Waals surface area contributed by atoms with Crippen LogP contribution in [-0.4, -0.2) is 39.3 Å². The molecular formula is C10H15ClF3N3O3S. The van der Waals surface area contributed by atoms with Crippen LogP contribution in [0.5, 0.6) is 5.88 Å². The molecule has 11 heteroatoms. The van der Waals surface area contributed by atoms with Crippen LogP contribution in [0.25, 0.3) is 0 Å². The quantitative estimate of drug-likeness (QED) is 0.718. The van der Waals surface area contributed by atoms with Gasteiger partial charge in [-0.2, -0.15) is 13.2 Å². The van der Waals surface area contributed by atoms with Crippen LogP contribution >= 0.6 is 12.4 Å². The normalized spacial score (nSPS) is 11.8. The molecule has 1 heterocycles. The van der Waals surface area contributed by atoms with E-state index in [0.717, 1.165) is 18.3 Å². The third-order valence-electron chi connectivity index (χ3n) is 2.08. The maximum Gasteiger partial charge on any atom is 0.422 e. The topological polar surface area (TPSA) is 94.3 Å². The van der Waals surface area contributed by atoms with Gasteiger partial charge in [0.1, 0.15) is 4.90 Å². The average Bonchev–Trinajstić information content (AvgIpc) is 2.36. The van der Waals surface area contributed by atoms with E-state index in [4.69, 9.17) is 5.73 Å². The number of ether oxygens (including phenoxy) is 1. The Morgan fingerprint density at radius 3 is 2.48 bits per heavy atom. The fraction of sp³-hybridized carbons (Fsp3) is 0.500. The highest BCUT2D eigenvalue weighted by molar-refractivity contribution is 7.89. The maximum atomic E-state index is 11.9. The first kappa shape index (κ1) is 19.9. The van der Waals surface area contributed by atoms with Crippen molar-refractivity contribution in [2.75, 3.05) is 19.7 Å². The number of hydrogen-bond acceptors (Lipinski definition) is 5. The highest BCUT2D eigenvalue weighted by Crippen LogP contribution is 2.18. The minimum atomic E-state index is -4.48. The predicted molar refractivity (Wildman–Crippen MR) is 71.9 cm³/mol. The van der Waals surface area contributed by atoms with Crippen molar-refractivity contribution in [2.24, 2.45) is 5.73 Å². The molecule has 1 aromatic rings. The molecule has 0 saturated heterocycles. The van der Waals surface area contributed by atoms with Gasteiger partial charge >= 0.3 is 6.18 Å². The van der Waals surface area contributed by atoms with E-state index >= 15 is 0 Å². The Hall–Kier alpha value is -1.10. The summed E-state index contributed by atoms with van der Waals surface area (Å²) in [5.74, 6) is -0.303. The number of nitrogens with one attached hydrogen (secondary N) is 1. The number of sulfonamides is 1. The monoisotopic (exact) mass is 349 g/mol. The Labute approximate surface area is 126 Å². The number of alkyl halides is 3. The molecule has 0 bridgehead atoms. The van der Waals surface area contributed by atoms with Crippen molar-refractivity contribution in [3.8, 4) is 5.88 Å². The average molecular weight is 350 g/mol. The minimum absolute atomic E-state index is 0. The lowest BCUT2D eigenvalue weighted by Crippen LogP contribution is -2.26. The summed E-state index contributed by atoms with van der Waals surface area (Å²) in [6.45, 7) is -0.975. The minimum Gasteiger partial charge on any atom is -0.468 e. The van der Waals surface area contributed by atoms with Gasteiger partial charge in [0, 0.05) is 12.6 Å². The van der Waals surface area contributed by atoms with Gasteiger partial charge in [-0.15, -0.1) is 12.4 Å². The number of nitrogens with two attached hydrogens (primary N) is 1. The zero-order chi connectivity index (χ0) is 15.2. The second kappa shape index (κ2) is 8.37. The van der Waals surface area contributed by atoms with Gasteiger partial charge in [0.2, 0.25) is 15.9 Å². The van der Waals surface area contributed by atoms with Crippen molar-refractivity contribution >= 4 is 22.4 Å². The first-order valence-corrected chi connectivity index (χ1v) is 7.08. The summed E-state index contributed by atoms with van der Waals surface area (Å²) < 4.78 is 65.8. The first-order valence-electron chi connectivity index (χ1n) is 5.60. The third-order valence-corrected chi connectivity index (χ3v) is 3.52. The zero-order valence-electron chi connectivity index (χ0n) is 10.8. The van der Waals surface area contributed by atoms with Crippen LogP contribution in [0.4, 0.5) is 13.2 Å². The molecule has 1 rings (SSSR count). The van der Waals surface area contributed by atoms with E-state index in [0.29, 0.717) is 13.0 Å². The predicted octanol–water partition coefficient (Wildman–Crippen LogP) is 1.07. The fourth-order valence-electron chi connectivity index (χ4n) is 1.16. The highest BCUT2D eigenvalue weighted by atomic mass is 35.5. The number of nitrogens with zero attached hydrogens (tertiary/aromatic N) is 1. The summed E-state index contributed by atoms with van der Waals surface area (Å²) in [5, 5.41) is 0. The molecule has 0 aliphatic heterocycles. The molecule has 0 amide bonds. The number of rotatable bonds is 7. The van der Waals surface area contributed by atoms with Crippen LogP contribution in [-0.2, 0) is 10.0 Å². The van der Waals surface area contributed by atoms with Crippen LogP contribution in [0.3, 0.4) is 0 Å². The summed E-state index contributed by atoms with van der Waals surface area (Å²) in [5.41, 5.74) is 5.23. The van der Waals surface area contributed by atoms with Gasteiger partial charge in [-0.25, -0.2) is 18.1 Å².